The lowest BCUT2D eigenvalue weighted by Crippen LogP contribution is -2.38. The second kappa shape index (κ2) is 16.6. The second-order valence-electron chi connectivity index (χ2n) is 8.22. The number of halogens is 1. The standard InChI is InChI=1S/C20H23FN2O3.C8H10.C2H6/c1-15(24)12-16-2-4-17(5-3-16)18-14-22-20(13-19(18)21)26-11-8-23-6-9-25-10-7-23;1-2-8-6-4-3-5-7-8;1-2/h2-5,13-14H,6-12H2,1H3;3-7H,2H2,1H3;1-2H3. The molecule has 1 aliphatic rings. The molecule has 1 saturated heterocycles. The quantitative estimate of drug-likeness (QED) is 0.384. The molecule has 194 valence electrons. The van der Waals surface area contributed by atoms with Gasteiger partial charge in [-0.3, -0.25) is 9.69 Å². The molecule has 5 nitrogen and oxygen atoms in total. The van der Waals surface area contributed by atoms with E-state index in [4.69, 9.17) is 9.47 Å². The predicted octanol–water partition coefficient (Wildman–Crippen LogP) is 6.01. The monoisotopic (exact) mass is 494 g/mol. The molecule has 0 bridgehead atoms. The Bertz CT molecular complexity index is 1020. The van der Waals surface area contributed by atoms with E-state index in [1.807, 2.05) is 32.0 Å². The zero-order valence-electron chi connectivity index (χ0n) is 22.0. The van der Waals surface area contributed by atoms with Crippen LogP contribution < -0.4 is 4.74 Å². The Morgan fingerprint density at radius 3 is 2.25 bits per heavy atom. The van der Waals surface area contributed by atoms with Crippen LogP contribution in [0.2, 0.25) is 0 Å². The molecule has 1 aliphatic heterocycles. The number of hydrogen-bond acceptors (Lipinski definition) is 5. The Balaban J connectivity index is 0.000000384. The summed E-state index contributed by atoms with van der Waals surface area (Å²) in [4.78, 5) is 17.6. The van der Waals surface area contributed by atoms with Crippen molar-refractivity contribution in [1.29, 1.82) is 0 Å². The van der Waals surface area contributed by atoms with Crippen molar-refractivity contribution in [3.8, 4) is 17.0 Å². The molecular weight excluding hydrogens is 455 g/mol. The van der Waals surface area contributed by atoms with Gasteiger partial charge < -0.3 is 9.47 Å². The molecule has 0 amide bonds. The largest absolute Gasteiger partial charge is 0.476 e. The summed E-state index contributed by atoms with van der Waals surface area (Å²) in [5.74, 6) is 0.0116. The van der Waals surface area contributed by atoms with Crippen LogP contribution in [0.5, 0.6) is 5.88 Å². The maximum atomic E-state index is 14.4. The Morgan fingerprint density at radius 2 is 1.69 bits per heavy atom. The van der Waals surface area contributed by atoms with Crippen molar-refractivity contribution in [2.45, 2.75) is 40.5 Å². The molecule has 0 N–H and O–H groups in total. The van der Waals surface area contributed by atoms with Crippen LogP contribution in [0.3, 0.4) is 0 Å². The Kier molecular flexibility index (Phi) is 13.4. The number of nitrogens with zero attached hydrogens (tertiary/aromatic N) is 2. The Morgan fingerprint density at radius 1 is 1.03 bits per heavy atom. The van der Waals surface area contributed by atoms with E-state index >= 15 is 0 Å². The molecule has 36 heavy (non-hydrogen) atoms. The third kappa shape index (κ3) is 10.3. The second-order valence-corrected chi connectivity index (χ2v) is 8.22. The number of pyridine rings is 1. The summed E-state index contributed by atoms with van der Waals surface area (Å²) < 4.78 is 25.3. The minimum Gasteiger partial charge on any atom is -0.476 e. The minimum absolute atomic E-state index is 0.101. The van der Waals surface area contributed by atoms with Gasteiger partial charge in [0, 0.05) is 43.9 Å². The molecular formula is C30H39FN2O3. The summed E-state index contributed by atoms with van der Waals surface area (Å²) in [6.07, 6.45) is 3.01. The summed E-state index contributed by atoms with van der Waals surface area (Å²) >= 11 is 0. The summed E-state index contributed by atoms with van der Waals surface area (Å²) in [5.41, 5.74) is 3.47. The molecule has 6 heteroatoms. The maximum Gasteiger partial charge on any atom is 0.216 e. The maximum absolute atomic E-state index is 14.4. The average molecular weight is 495 g/mol. The van der Waals surface area contributed by atoms with Gasteiger partial charge in [0.25, 0.3) is 0 Å². The van der Waals surface area contributed by atoms with Crippen molar-refractivity contribution >= 4 is 5.78 Å². The van der Waals surface area contributed by atoms with E-state index in [2.05, 4.69) is 41.1 Å². The van der Waals surface area contributed by atoms with Crippen molar-refractivity contribution in [1.82, 2.24) is 9.88 Å². The smallest absolute Gasteiger partial charge is 0.216 e. The SMILES string of the molecule is CC.CC(=O)Cc1ccc(-c2cnc(OCCN3CCOCC3)cc2F)cc1.CCc1ccccc1. The number of rotatable bonds is 8. The summed E-state index contributed by atoms with van der Waals surface area (Å²) in [5, 5.41) is 0. The molecule has 1 fully saturated rings. The normalized spacial score (nSPS) is 13.0. The first-order chi connectivity index (χ1) is 17.5. The van der Waals surface area contributed by atoms with Gasteiger partial charge in [-0.1, -0.05) is 75.4 Å². The number of morpholine rings is 1. The van der Waals surface area contributed by atoms with E-state index in [0.29, 0.717) is 18.6 Å². The molecule has 0 aliphatic carbocycles. The van der Waals surface area contributed by atoms with Gasteiger partial charge >= 0.3 is 0 Å². The van der Waals surface area contributed by atoms with Crippen LogP contribution in [0.1, 0.15) is 38.8 Å². The summed E-state index contributed by atoms with van der Waals surface area (Å²) in [6.45, 7) is 12.2. The molecule has 0 spiro atoms. The highest BCUT2D eigenvalue weighted by atomic mass is 19.1. The van der Waals surface area contributed by atoms with E-state index in [-0.39, 0.29) is 17.5 Å². The molecule has 2 heterocycles. The van der Waals surface area contributed by atoms with Crippen molar-refractivity contribution in [2.75, 3.05) is 39.5 Å². The van der Waals surface area contributed by atoms with Gasteiger partial charge in [-0.05, 0) is 30.0 Å². The molecule has 3 aromatic rings. The van der Waals surface area contributed by atoms with Crippen LogP contribution in [0.25, 0.3) is 11.1 Å². The third-order valence-electron chi connectivity index (χ3n) is 5.56. The number of hydrogen-bond donors (Lipinski definition) is 0. The molecule has 0 radical (unpaired) electrons. The highest BCUT2D eigenvalue weighted by molar-refractivity contribution is 5.78. The number of aromatic nitrogens is 1. The summed E-state index contributed by atoms with van der Waals surface area (Å²) in [7, 11) is 0. The molecule has 0 unspecified atom stereocenters. The first-order valence-corrected chi connectivity index (χ1v) is 12.8. The van der Waals surface area contributed by atoms with Crippen molar-refractivity contribution in [3.63, 3.8) is 0 Å². The Labute approximate surface area is 215 Å². The van der Waals surface area contributed by atoms with Gasteiger partial charge in [0.2, 0.25) is 5.88 Å². The van der Waals surface area contributed by atoms with Gasteiger partial charge in [-0.25, -0.2) is 9.37 Å². The van der Waals surface area contributed by atoms with Gasteiger partial charge in [-0.15, -0.1) is 0 Å². The third-order valence-corrected chi connectivity index (χ3v) is 5.56. The van der Waals surface area contributed by atoms with Crippen LogP contribution in [-0.4, -0.2) is 55.1 Å². The lowest BCUT2D eigenvalue weighted by Gasteiger charge is -2.26. The van der Waals surface area contributed by atoms with Crippen LogP contribution in [-0.2, 0) is 22.4 Å². The summed E-state index contributed by atoms with van der Waals surface area (Å²) in [6, 6.07) is 19.1. The molecule has 0 atom stereocenters. The lowest BCUT2D eigenvalue weighted by atomic mass is 10.0. The van der Waals surface area contributed by atoms with Crippen molar-refractivity contribution in [3.05, 3.63) is 83.8 Å². The lowest BCUT2D eigenvalue weighted by molar-refractivity contribution is -0.116. The fraction of sp³-hybridized carbons (Fsp3) is 0.400. The minimum atomic E-state index is -0.374. The molecule has 4 rings (SSSR count). The fourth-order valence-electron chi connectivity index (χ4n) is 3.61. The van der Waals surface area contributed by atoms with Gasteiger partial charge in [0.1, 0.15) is 18.2 Å². The average Bonchev–Trinajstić information content (AvgIpc) is 2.92. The van der Waals surface area contributed by atoms with E-state index < -0.39 is 0 Å². The topological polar surface area (TPSA) is 51.7 Å². The van der Waals surface area contributed by atoms with Crippen LogP contribution in [0.15, 0.2) is 66.9 Å². The van der Waals surface area contributed by atoms with Crippen molar-refractivity contribution in [2.24, 2.45) is 0 Å². The number of ether oxygens (including phenoxy) is 2. The highest BCUT2D eigenvalue weighted by Gasteiger charge is 2.12. The number of ketones is 1. The van der Waals surface area contributed by atoms with Crippen LogP contribution >= 0.6 is 0 Å². The van der Waals surface area contributed by atoms with Gasteiger partial charge in [0.15, 0.2) is 0 Å². The molecule has 1 aromatic heterocycles. The van der Waals surface area contributed by atoms with Crippen LogP contribution in [0.4, 0.5) is 4.39 Å². The molecule has 2 aromatic carbocycles. The highest BCUT2D eigenvalue weighted by Crippen LogP contribution is 2.25. The first kappa shape index (κ1) is 29.1. The van der Waals surface area contributed by atoms with E-state index in [1.54, 1.807) is 19.1 Å². The van der Waals surface area contributed by atoms with E-state index in [9.17, 15) is 9.18 Å². The number of carbonyl (C=O) groups excluding carboxylic acids is 1. The number of carbonyl (C=O) groups is 1. The first-order valence-electron chi connectivity index (χ1n) is 12.8. The molecule has 0 saturated carbocycles. The number of Topliss-reactive ketones (excluding diaryl/α,β-unsaturated/α-hetero) is 1. The van der Waals surface area contributed by atoms with E-state index in [0.717, 1.165) is 50.4 Å². The predicted molar refractivity (Wildman–Crippen MR) is 144 cm³/mol. The number of benzene rings is 2. The van der Waals surface area contributed by atoms with Gasteiger partial charge in [0.05, 0.1) is 13.2 Å². The fourth-order valence-corrected chi connectivity index (χ4v) is 3.61. The van der Waals surface area contributed by atoms with Crippen molar-refractivity contribution < 1.29 is 18.7 Å². The number of aryl methyl sites for hydroxylation is 1. The Hall–Kier alpha value is -3.09. The zero-order chi connectivity index (χ0) is 26.2. The zero-order valence-corrected chi connectivity index (χ0v) is 22.0. The van der Waals surface area contributed by atoms with Gasteiger partial charge in [-0.2, -0.15) is 0 Å². The van der Waals surface area contributed by atoms with Crippen LogP contribution in [0, 0.1) is 5.82 Å². The van der Waals surface area contributed by atoms with E-state index in [1.165, 1.54) is 17.8 Å².